The Hall–Kier alpha value is 0.650. The van der Waals surface area contributed by atoms with Gasteiger partial charge in [-0.2, -0.15) is 0 Å². The normalized spacial score (nSPS) is 13.5. The van der Waals surface area contributed by atoms with Crippen molar-refractivity contribution in [3.8, 4) is 0 Å². The number of rotatable bonds is 2. The van der Waals surface area contributed by atoms with E-state index in [0.29, 0.717) is 0 Å². The van der Waals surface area contributed by atoms with Crippen LogP contribution in [0.1, 0.15) is 0 Å². The van der Waals surface area contributed by atoms with Gasteiger partial charge in [-0.3, -0.25) is 0 Å². The van der Waals surface area contributed by atoms with Crippen molar-refractivity contribution in [3.63, 3.8) is 0 Å². The van der Waals surface area contributed by atoms with Gasteiger partial charge in [-0.05, 0) is 0 Å². The van der Waals surface area contributed by atoms with E-state index in [1.807, 2.05) is 0 Å². The summed E-state index contributed by atoms with van der Waals surface area (Å²) < 4.78 is 1.15. The van der Waals surface area contributed by atoms with E-state index >= 15 is 0 Å². The van der Waals surface area contributed by atoms with Crippen molar-refractivity contribution >= 4 is 23.2 Å². The summed E-state index contributed by atoms with van der Waals surface area (Å²) in [5, 5.41) is 0. The summed E-state index contributed by atoms with van der Waals surface area (Å²) in [7, 11) is -0.867. The summed E-state index contributed by atoms with van der Waals surface area (Å²) in [6.07, 6.45) is 1.19. The first-order valence-electron chi connectivity index (χ1n) is 2.75. The first kappa shape index (κ1) is 8.65. The van der Waals surface area contributed by atoms with Crippen LogP contribution in [0.2, 0.25) is 0 Å². The molecule has 0 bridgehead atoms. The quantitative estimate of drug-likeness (QED) is 0.596. The molecule has 0 rings (SSSR count). The molecule has 0 aliphatic rings. The Labute approximate surface area is 60.8 Å². The summed E-state index contributed by atoms with van der Waals surface area (Å²) in [5.41, 5.74) is 0. The van der Waals surface area contributed by atoms with Gasteiger partial charge in [0.05, 0.1) is 0 Å². The van der Waals surface area contributed by atoms with Crippen LogP contribution in [0, 0.1) is 0 Å². The topological polar surface area (TPSA) is 0 Å². The first-order valence-corrected chi connectivity index (χ1v) is 7.25. The number of hydrogen-bond donors (Lipinski definition) is 0. The zero-order valence-corrected chi connectivity index (χ0v) is 8.38. The van der Waals surface area contributed by atoms with Crippen LogP contribution >= 0.6 is 23.2 Å². The Kier molecular flexibility index (Phi) is 3.23. The number of allylic oxidation sites excluding steroid dienone is 1. The molecule has 0 aromatic rings. The van der Waals surface area contributed by atoms with Crippen LogP contribution in [-0.4, -0.2) is 26.2 Å². The minimum absolute atomic E-state index is 0.867. The van der Waals surface area contributed by atoms with Gasteiger partial charge in [0.1, 0.15) is 0 Å². The van der Waals surface area contributed by atoms with Crippen LogP contribution in [-0.2, 0) is 0 Å². The summed E-state index contributed by atoms with van der Waals surface area (Å²) in [4.78, 5) is 0. The summed E-state index contributed by atoms with van der Waals surface area (Å²) >= 11 is 3.35. The molecule has 0 amide bonds. The maximum atomic E-state index is 3.79. The third-order valence-electron chi connectivity index (χ3n) is 0.722. The molecule has 0 aliphatic carbocycles. The van der Waals surface area contributed by atoms with E-state index in [0.717, 1.165) is 4.48 Å². The van der Waals surface area contributed by atoms with Gasteiger partial charge in [0, 0.05) is 0 Å². The van der Waals surface area contributed by atoms with Crippen molar-refractivity contribution < 1.29 is 0 Å². The third kappa shape index (κ3) is 6.65. The molecular formula is C6H14BrP. The molecule has 2 heteroatoms. The van der Waals surface area contributed by atoms with Crippen molar-refractivity contribution in [3.05, 3.63) is 11.1 Å². The fourth-order valence-electron chi connectivity index (χ4n) is 0.575. The summed E-state index contributed by atoms with van der Waals surface area (Å²) in [6.45, 7) is 10.8. The van der Waals surface area contributed by atoms with Gasteiger partial charge in [0.15, 0.2) is 0 Å². The molecule has 0 radical (unpaired) electrons. The second-order valence-corrected chi connectivity index (χ2v) is 9.85. The molecule has 0 N–H and O–H groups in total. The monoisotopic (exact) mass is 196 g/mol. The van der Waals surface area contributed by atoms with E-state index in [1.165, 1.54) is 6.16 Å². The van der Waals surface area contributed by atoms with Crippen molar-refractivity contribution in [2.45, 2.75) is 0 Å². The average Bonchev–Trinajstić information content (AvgIpc) is 1.21. The molecule has 0 unspecified atom stereocenters. The predicted octanol–water partition coefficient (Wildman–Crippen LogP) is 2.53. The van der Waals surface area contributed by atoms with Crippen LogP contribution in [0.3, 0.4) is 0 Å². The molecule has 0 aliphatic heterocycles. The molecular weight excluding hydrogens is 183 g/mol. The minimum atomic E-state index is -0.867. The number of hydrogen-bond acceptors (Lipinski definition) is 0. The molecule has 0 spiro atoms. The van der Waals surface area contributed by atoms with Gasteiger partial charge in [0.2, 0.25) is 0 Å². The molecule has 50 valence electrons. The van der Waals surface area contributed by atoms with E-state index in [9.17, 15) is 0 Å². The molecule has 0 aromatic heterocycles. The Balaban J connectivity index is 3.55. The third-order valence-corrected chi connectivity index (χ3v) is 3.01. The van der Waals surface area contributed by atoms with Gasteiger partial charge < -0.3 is 0 Å². The standard InChI is InChI=1S/C6H14BrP/c1-6(7)5-8(2,3)4/h8H,1,5H2,2-4H3. The van der Waals surface area contributed by atoms with Crippen LogP contribution in [0.4, 0.5) is 0 Å². The molecule has 0 nitrogen and oxygen atoms in total. The molecule has 0 heterocycles. The van der Waals surface area contributed by atoms with Crippen molar-refractivity contribution in [1.29, 1.82) is 0 Å². The Morgan fingerprint density at radius 1 is 1.50 bits per heavy atom. The predicted molar refractivity (Wildman–Crippen MR) is 49.0 cm³/mol. The zero-order valence-electron chi connectivity index (χ0n) is 5.79. The second-order valence-electron chi connectivity index (χ2n) is 3.25. The zero-order chi connectivity index (χ0) is 6.78. The Morgan fingerprint density at radius 3 is 1.88 bits per heavy atom. The van der Waals surface area contributed by atoms with Crippen LogP contribution in [0.5, 0.6) is 0 Å². The van der Waals surface area contributed by atoms with Gasteiger partial charge in [-0.15, -0.1) is 0 Å². The Bertz CT molecular complexity index is 91.2. The van der Waals surface area contributed by atoms with Gasteiger partial charge >= 0.3 is 60.4 Å². The van der Waals surface area contributed by atoms with Gasteiger partial charge in [0.25, 0.3) is 0 Å². The van der Waals surface area contributed by atoms with E-state index in [1.54, 1.807) is 0 Å². The fourth-order valence-corrected chi connectivity index (χ4v) is 4.25. The second kappa shape index (κ2) is 2.98. The average molecular weight is 197 g/mol. The summed E-state index contributed by atoms with van der Waals surface area (Å²) in [6, 6.07) is 0. The Morgan fingerprint density at radius 2 is 1.88 bits per heavy atom. The first-order chi connectivity index (χ1) is 3.42. The van der Waals surface area contributed by atoms with Gasteiger partial charge in [-0.25, -0.2) is 0 Å². The van der Waals surface area contributed by atoms with E-state index < -0.39 is 7.26 Å². The van der Waals surface area contributed by atoms with Crippen LogP contribution in [0.15, 0.2) is 11.1 Å². The fraction of sp³-hybridized carbons (Fsp3) is 0.667. The van der Waals surface area contributed by atoms with Crippen molar-refractivity contribution in [1.82, 2.24) is 0 Å². The number of halogens is 1. The van der Waals surface area contributed by atoms with Crippen molar-refractivity contribution in [2.75, 3.05) is 26.2 Å². The van der Waals surface area contributed by atoms with Crippen LogP contribution < -0.4 is 0 Å². The summed E-state index contributed by atoms with van der Waals surface area (Å²) in [5.74, 6) is 0. The van der Waals surface area contributed by atoms with Crippen molar-refractivity contribution in [2.24, 2.45) is 0 Å². The molecule has 0 atom stereocenters. The maximum absolute atomic E-state index is 3.79. The molecule has 0 saturated heterocycles. The molecule has 0 saturated carbocycles. The van der Waals surface area contributed by atoms with E-state index in [-0.39, 0.29) is 0 Å². The SMILES string of the molecule is C=C(Br)C[PH](C)(C)C. The molecule has 8 heavy (non-hydrogen) atoms. The van der Waals surface area contributed by atoms with Crippen LogP contribution in [0.25, 0.3) is 0 Å². The van der Waals surface area contributed by atoms with Gasteiger partial charge in [-0.1, -0.05) is 0 Å². The van der Waals surface area contributed by atoms with E-state index in [4.69, 9.17) is 0 Å². The van der Waals surface area contributed by atoms with E-state index in [2.05, 4.69) is 42.5 Å². The molecule has 0 aromatic carbocycles. The molecule has 0 fully saturated rings.